The zero-order chi connectivity index (χ0) is 10.8. The largest absolute Gasteiger partial charge is 0.465 e. The molecule has 0 unspecified atom stereocenters. The number of hydrogen-bond donors (Lipinski definition) is 2. The van der Waals surface area contributed by atoms with Crippen molar-refractivity contribution >= 4 is 12.1 Å². The minimum Gasteiger partial charge on any atom is -0.465 e. The number of hydrogen-bond acceptors (Lipinski definition) is 3. The van der Waals surface area contributed by atoms with Crippen LogP contribution in [0.3, 0.4) is 0 Å². The molecule has 0 saturated heterocycles. The summed E-state index contributed by atoms with van der Waals surface area (Å²) in [7, 11) is 1.58. The summed E-state index contributed by atoms with van der Waals surface area (Å²) in [6, 6.07) is -0.0568. The van der Waals surface area contributed by atoms with Crippen LogP contribution in [0.15, 0.2) is 0 Å². The summed E-state index contributed by atoms with van der Waals surface area (Å²) in [6.45, 7) is 0.582. The van der Waals surface area contributed by atoms with Crippen LogP contribution in [0.4, 0.5) is 4.79 Å². The minimum atomic E-state index is -0.238. The highest BCUT2D eigenvalue weighted by molar-refractivity contribution is 5.92. The van der Waals surface area contributed by atoms with Crippen LogP contribution in [-0.2, 0) is 4.74 Å². The number of rotatable bonds is 3. The first-order valence-corrected chi connectivity index (χ1v) is 5.44. The number of carbonyl (C=O) groups is 1. The van der Waals surface area contributed by atoms with E-state index in [2.05, 4.69) is 5.32 Å². The first kappa shape index (κ1) is 10.3. The molecule has 0 aromatic rings. The van der Waals surface area contributed by atoms with Crippen LogP contribution in [0.1, 0.15) is 25.7 Å². The van der Waals surface area contributed by atoms with Crippen molar-refractivity contribution < 1.29 is 9.53 Å². The molecular formula is C10H17N3O2. The second kappa shape index (κ2) is 4.08. The Labute approximate surface area is 89.3 Å². The molecule has 0 aromatic heterocycles. The second-order valence-corrected chi connectivity index (χ2v) is 4.22. The molecule has 0 heterocycles. The van der Waals surface area contributed by atoms with Gasteiger partial charge in [0.25, 0.3) is 6.02 Å². The van der Waals surface area contributed by atoms with E-state index < -0.39 is 0 Å². The first-order valence-electron chi connectivity index (χ1n) is 5.44. The van der Waals surface area contributed by atoms with Gasteiger partial charge in [0.2, 0.25) is 0 Å². The molecule has 2 aliphatic carbocycles. The van der Waals surface area contributed by atoms with E-state index in [0.717, 1.165) is 12.8 Å². The summed E-state index contributed by atoms with van der Waals surface area (Å²) in [5, 5.41) is 10.3. The van der Waals surface area contributed by atoms with Gasteiger partial charge < -0.3 is 10.1 Å². The van der Waals surface area contributed by atoms with Crippen molar-refractivity contribution in [3.63, 3.8) is 0 Å². The molecule has 0 aliphatic heterocycles. The SMILES string of the molecule is CNC(=O)N(C(=N)OCC1CC1)C1CC1. The third-order valence-electron chi connectivity index (χ3n) is 2.72. The zero-order valence-electron chi connectivity index (χ0n) is 8.95. The van der Waals surface area contributed by atoms with Gasteiger partial charge in [0.15, 0.2) is 0 Å². The average Bonchev–Trinajstić information content (AvgIpc) is 3.07. The van der Waals surface area contributed by atoms with E-state index in [-0.39, 0.29) is 18.1 Å². The maximum atomic E-state index is 11.5. The van der Waals surface area contributed by atoms with Gasteiger partial charge in [0.05, 0.1) is 6.61 Å². The summed E-state index contributed by atoms with van der Waals surface area (Å²) >= 11 is 0. The van der Waals surface area contributed by atoms with Gasteiger partial charge in [-0.15, -0.1) is 0 Å². The smallest absolute Gasteiger partial charge is 0.325 e. The lowest BCUT2D eigenvalue weighted by Gasteiger charge is -2.21. The highest BCUT2D eigenvalue weighted by atomic mass is 16.5. The summed E-state index contributed by atoms with van der Waals surface area (Å²) in [6.07, 6.45) is 4.33. The van der Waals surface area contributed by atoms with Gasteiger partial charge in [-0.25, -0.2) is 9.69 Å². The fraction of sp³-hybridized carbons (Fsp3) is 0.800. The van der Waals surface area contributed by atoms with Crippen molar-refractivity contribution in [1.82, 2.24) is 10.2 Å². The molecule has 0 atom stereocenters. The van der Waals surface area contributed by atoms with E-state index >= 15 is 0 Å². The van der Waals surface area contributed by atoms with Gasteiger partial charge >= 0.3 is 6.03 Å². The zero-order valence-corrected chi connectivity index (χ0v) is 8.95. The third-order valence-corrected chi connectivity index (χ3v) is 2.72. The molecule has 2 amide bonds. The van der Waals surface area contributed by atoms with Crippen LogP contribution in [0.2, 0.25) is 0 Å². The number of nitrogens with one attached hydrogen (secondary N) is 2. The molecule has 0 radical (unpaired) electrons. The molecule has 0 bridgehead atoms. The summed E-state index contributed by atoms with van der Waals surface area (Å²) in [4.78, 5) is 12.9. The quantitative estimate of drug-likeness (QED) is 0.543. The normalized spacial score (nSPS) is 19.5. The fourth-order valence-electron chi connectivity index (χ4n) is 1.43. The van der Waals surface area contributed by atoms with Crippen molar-refractivity contribution in [2.24, 2.45) is 5.92 Å². The van der Waals surface area contributed by atoms with Gasteiger partial charge in [0, 0.05) is 13.1 Å². The molecule has 2 saturated carbocycles. The Hall–Kier alpha value is -1.26. The highest BCUT2D eigenvalue weighted by Crippen LogP contribution is 2.30. The number of carbonyl (C=O) groups excluding carboxylic acids is 1. The second-order valence-electron chi connectivity index (χ2n) is 4.22. The van der Waals surface area contributed by atoms with Crippen molar-refractivity contribution in [2.75, 3.05) is 13.7 Å². The molecule has 84 valence electrons. The van der Waals surface area contributed by atoms with Crippen molar-refractivity contribution in [1.29, 1.82) is 5.41 Å². The summed E-state index contributed by atoms with van der Waals surface area (Å²) in [5.41, 5.74) is 0. The Morgan fingerprint density at radius 1 is 1.47 bits per heavy atom. The van der Waals surface area contributed by atoms with Crippen molar-refractivity contribution in [2.45, 2.75) is 31.7 Å². The number of urea groups is 1. The Morgan fingerprint density at radius 3 is 2.60 bits per heavy atom. The van der Waals surface area contributed by atoms with E-state index in [0.29, 0.717) is 12.5 Å². The molecule has 2 rings (SSSR count). The van der Waals surface area contributed by atoms with Gasteiger partial charge in [-0.3, -0.25) is 5.41 Å². The fourth-order valence-corrected chi connectivity index (χ4v) is 1.43. The molecule has 5 nitrogen and oxygen atoms in total. The van der Waals surface area contributed by atoms with Gasteiger partial charge in [-0.2, -0.15) is 0 Å². The van der Waals surface area contributed by atoms with Crippen LogP contribution in [0.25, 0.3) is 0 Å². The van der Waals surface area contributed by atoms with E-state index in [1.54, 1.807) is 7.05 Å². The summed E-state index contributed by atoms with van der Waals surface area (Å²) in [5.74, 6) is 0.607. The monoisotopic (exact) mass is 211 g/mol. The third kappa shape index (κ3) is 2.61. The molecule has 0 spiro atoms. The van der Waals surface area contributed by atoms with Crippen LogP contribution < -0.4 is 5.32 Å². The number of amidine groups is 1. The maximum absolute atomic E-state index is 11.5. The van der Waals surface area contributed by atoms with Gasteiger partial charge in [-0.1, -0.05) is 0 Å². The Morgan fingerprint density at radius 2 is 2.13 bits per heavy atom. The lowest BCUT2D eigenvalue weighted by molar-refractivity contribution is 0.192. The maximum Gasteiger partial charge on any atom is 0.325 e. The first-order chi connectivity index (χ1) is 7.22. The van der Waals surface area contributed by atoms with Crippen LogP contribution >= 0.6 is 0 Å². The molecule has 2 N–H and O–H groups in total. The predicted octanol–water partition coefficient (Wildman–Crippen LogP) is 1.15. The predicted molar refractivity (Wildman–Crippen MR) is 55.7 cm³/mol. The molecule has 2 fully saturated rings. The minimum absolute atomic E-state index is 0.00347. The van der Waals surface area contributed by atoms with Gasteiger partial charge in [0.1, 0.15) is 0 Å². The Balaban J connectivity index is 1.84. The molecular weight excluding hydrogens is 194 g/mol. The lowest BCUT2D eigenvalue weighted by Crippen LogP contribution is -2.44. The standard InChI is InChI=1S/C10H17N3O2/c1-12-10(14)13(8-4-5-8)9(11)15-6-7-2-3-7/h7-8,11H,2-6H2,1H3,(H,12,14). The van der Waals surface area contributed by atoms with Crippen LogP contribution in [0.5, 0.6) is 0 Å². The van der Waals surface area contributed by atoms with Crippen molar-refractivity contribution in [3.8, 4) is 0 Å². The Bertz CT molecular complexity index is 272. The number of ether oxygens (including phenoxy) is 1. The molecule has 15 heavy (non-hydrogen) atoms. The summed E-state index contributed by atoms with van der Waals surface area (Å²) < 4.78 is 5.30. The average molecular weight is 211 g/mol. The van der Waals surface area contributed by atoms with Crippen molar-refractivity contribution in [3.05, 3.63) is 0 Å². The van der Waals surface area contributed by atoms with E-state index in [4.69, 9.17) is 10.1 Å². The highest BCUT2D eigenvalue weighted by Gasteiger charge is 2.36. The molecule has 2 aliphatic rings. The lowest BCUT2D eigenvalue weighted by atomic mass is 10.5. The topological polar surface area (TPSA) is 65.4 Å². The van der Waals surface area contributed by atoms with E-state index in [1.807, 2.05) is 0 Å². The van der Waals surface area contributed by atoms with E-state index in [1.165, 1.54) is 17.7 Å². The Kier molecular flexibility index (Phi) is 2.79. The van der Waals surface area contributed by atoms with E-state index in [9.17, 15) is 4.79 Å². The number of nitrogens with zero attached hydrogens (tertiary/aromatic N) is 1. The molecule has 0 aromatic carbocycles. The van der Waals surface area contributed by atoms with Gasteiger partial charge in [-0.05, 0) is 31.6 Å². The number of amides is 2. The van der Waals surface area contributed by atoms with Crippen LogP contribution in [0, 0.1) is 11.3 Å². The van der Waals surface area contributed by atoms with Crippen LogP contribution in [-0.4, -0.2) is 36.6 Å². The molecule has 5 heteroatoms.